The summed E-state index contributed by atoms with van der Waals surface area (Å²) in [5.74, 6) is -0.466. The maximum absolute atomic E-state index is 11.7. The minimum Gasteiger partial charge on any atom is -0.382 e. The fourth-order valence-electron chi connectivity index (χ4n) is 1.15. The third-order valence-corrected chi connectivity index (χ3v) is 3.05. The number of anilines is 2. The number of amides is 2. The molecule has 0 saturated heterocycles. The molecule has 0 spiro atoms. The van der Waals surface area contributed by atoms with Crippen molar-refractivity contribution in [1.82, 2.24) is 10.3 Å². The van der Waals surface area contributed by atoms with Gasteiger partial charge < -0.3 is 22.1 Å². The zero-order chi connectivity index (χ0) is 12.8. The molecule has 7 nitrogen and oxygen atoms in total. The number of rotatable bonds is 6. The number of thiazole rings is 1. The summed E-state index contributed by atoms with van der Waals surface area (Å²) in [7, 11) is 1.70. The van der Waals surface area contributed by atoms with Gasteiger partial charge in [0.15, 0.2) is 5.13 Å². The van der Waals surface area contributed by atoms with Gasteiger partial charge in [0, 0.05) is 20.0 Å². The van der Waals surface area contributed by atoms with Gasteiger partial charge in [0.05, 0.1) is 0 Å². The van der Waals surface area contributed by atoms with Crippen LogP contribution in [0.15, 0.2) is 0 Å². The Labute approximate surface area is 103 Å². The molecule has 0 atom stereocenters. The van der Waals surface area contributed by atoms with Crippen LogP contribution in [-0.4, -0.2) is 30.4 Å². The summed E-state index contributed by atoms with van der Waals surface area (Å²) >= 11 is 1.18. The highest BCUT2D eigenvalue weighted by molar-refractivity contribution is 7.18. The molecule has 1 rings (SSSR count). The zero-order valence-electron chi connectivity index (χ0n) is 9.45. The van der Waals surface area contributed by atoms with Crippen LogP contribution in [0.3, 0.4) is 0 Å². The average Bonchev–Trinajstić information content (AvgIpc) is 2.65. The molecule has 0 bridgehead atoms. The van der Waals surface area contributed by atoms with Crippen molar-refractivity contribution in [3.05, 3.63) is 4.88 Å². The van der Waals surface area contributed by atoms with Crippen LogP contribution < -0.4 is 22.1 Å². The zero-order valence-corrected chi connectivity index (χ0v) is 10.3. The fourth-order valence-corrected chi connectivity index (χ4v) is 1.90. The number of carbonyl (C=O) groups is 2. The summed E-state index contributed by atoms with van der Waals surface area (Å²) in [5, 5.41) is 6.05. The fraction of sp³-hybridized carbons (Fsp3) is 0.444. The van der Waals surface area contributed by atoms with Crippen molar-refractivity contribution in [2.45, 2.75) is 12.8 Å². The third kappa shape index (κ3) is 3.91. The number of carbonyl (C=O) groups excluding carboxylic acids is 2. The van der Waals surface area contributed by atoms with E-state index in [1.165, 1.54) is 11.3 Å². The molecule has 0 aliphatic rings. The standard InChI is InChI=1S/C9H15N5O2S/c1-12-9-14-7(11)6(17-9)8(16)13-4-2-3-5(10)15/h2-4,11H2,1H3,(H2,10,15)(H,12,14)(H,13,16). The van der Waals surface area contributed by atoms with E-state index in [1.54, 1.807) is 7.05 Å². The van der Waals surface area contributed by atoms with Gasteiger partial charge in [-0.05, 0) is 6.42 Å². The summed E-state index contributed by atoms with van der Waals surface area (Å²) in [5.41, 5.74) is 10.6. The highest BCUT2D eigenvalue weighted by Gasteiger charge is 2.14. The normalized spacial score (nSPS) is 9.94. The number of hydrogen-bond acceptors (Lipinski definition) is 6. The first-order valence-corrected chi connectivity index (χ1v) is 5.86. The number of nitrogen functional groups attached to an aromatic ring is 1. The molecule has 0 fully saturated rings. The molecule has 1 aromatic heterocycles. The van der Waals surface area contributed by atoms with E-state index < -0.39 is 0 Å². The van der Waals surface area contributed by atoms with Crippen molar-refractivity contribution in [2.75, 3.05) is 24.6 Å². The second kappa shape index (κ2) is 6.04. The molecule has 1 aromatic rings. The lowest BCUT2D eigenvalue weighted by atomic mass is 10.3. The lowest BCUT2D eigenvalue weighted by Crippen LogP contribution is -2.25. The molecule has 8 heteroatoms. The second-order valence-corrected chi connectivity index (χ2v) is 4.31. The Kier molecular flexibility index (Phi) is 4.70. The Hall–Kier alpha value is -1.83. The summed E-state index contributed by atoms with van der Waals surface area (Å²) in [4.78, 5) is 26.5. The van der Waals surface area contributed by atoms with Crippen molar-refractivity contribution in [2.24, 2.45) is 5.73 Å². The largest absolute Gasteiger partial charge is 0.382 e. The van der Waals surface area contributed by atoms with Crippen LogP contribution in [-0.2, 0) is 4.79 Å². The Morgan fingerprint density at radius 2 is 2.18 bits per heavy atom. The number of nitrogens with two attached hydrogens (primary N) is 2. The average molecular weight is 257 g/mol. The maximum atomic E-state index is 11.7. The van der Waals surface area contributed by atoms with Crippen molar-refractivity contribution in [3.63, 3.8) is 0 Å². The quantitative estimate of drug-likeness (QED) is 0.524. The van der Waals surface area contributed by atoms with Crippen molar-refractivity contribution in [3.8, 4) is 0 Å². The number of hydrogen-bond donors (Lipinski definition) is 4. The molecule has 2 amide bonds. The first kappa shape index (κ1) is 13.2. The molecule has 0 aromatic carbocycles. The van der Waals surface area contributed by atoms with Gasteiger partial charge in [0.1, 0.15) is 10.7 Å². The molecule has 0 aliphatic carbocycles. The lowest BCUT2D eigenvalue weighted by molar-refractivity contribution is -0.118. The van der Waals surface area contributed by atoms with Gasteiger partial charge in [-0.3, -0.25) is 9.59 Å². The van der Waals surface area contributed by atoms with Crippen LogP contribution in [0.4, 0.5) is 10.9 Å². The van der Waals surface area contributed by atoms with E-state index in [4.69, 9.17) is 11.5 Å². The Bertz CT molecular complexity index is 418. The first-order chi connectivity index (χ1) is 8.04. The van der Waals surface area contributed by atoms with Crippen molar-refractivity contribution >= 4 is 34.1 Å². The number of nitrogens with zero attached hydrogens (tertiary/aromatic N) is 1. The van der Waals surface area contributed by atoms with E-state index in [0.717, 1.165) is 0 Å². The smallest absolute Gasteiger partial charge is 0.265 e. The van der Waals surface area contributed by atoms with Crippen LogP contribution in [0.1, 0.15) is 22.5 Å². The molecular formula is C9H15N5O2S. The molecule has 0 radical (unpaired) electrons. The molecule has 0 unspecified atom stereocenters. The Morgan fingerprint density at radius 3 is 2.71 bits per heavy atom. The first-order valence-electron chi connectivity index (χ1n) is 5.05. The van der Waals surface area contributed by atoms with Gasteiger partial charge in [0.25, 0.3) is 5.91 Å². The van der Waals surface area contributed by atoms with Gasteiger partial charge in [0.2, 0.25) is 5.91 Å². The third-order valence-electron chi connectivity index (χ3n) is 1.96. The summed E-state index contributed by atoms with van der Waals surface area (Å²) in [6.07, 6.45) is 0.763. The molecular weight excluding hydrogens is 242 g/mol. The topological polar surface area (TPSA) is 123 Å². The molecule has 94 valence electrons. The molecule has 0 aliphatic heterocycles. The maximum Gasteiger partial charge on any atom is 0.265 e. The van der Waals surface area contributed by atoms with E-state index in [2.05, 4.69) is 15.6 Å². The van der Waals surface area contributed by atoms with Crippen molar-refractivity contribution in [1.29, 1.82) is 0 Å². The second-order valence-electron chi connectivity index (χ2n) is 3.31. The van der Waals surface area contributed by atoms with Gasteiger partial charge in [-0.2, -0.15) is 0 Å². The van der Waals surface area contributed by atoms with Crippen LogP contribution in [0.5, 0.6) is 0 Å². The molecule has 6 N–H and O–H groups in total. The van der Waals surface area contributed by atoms with E-state index in [0.29, 0.717) is 23.0 Å². The van der Waals surface area contributed by atoms with Gasteiger partial charge in [-0.1, -0.05) is 11.3 Å². The molecule has 17 heavy (non-hydrogen) atoms. The van der Waals surface area contributed by atoms with Crippen LogP contribution in [0.25, 0.3) is 0 Å². The number of primary amides is 1. The van der Waals surface area contributed by atoms with Crippen LogP contribution in [0.2, 0.25) is 0 Å². The molecule has 1 heterocycles. The van der Waals surface area contributed by atoms with E-state index in [9.17, 15) is 9.59 Å². The van der Waals surface area contributed by atoms with E-state index in [-0.39, 0.29) is 24.1 Å². The Balaban J connectivity index is 2.46. The Morgan fingerprint density at radius 1 is 1.47 bits per heavy atom. The predicted octanol–water partition coefficient (Wildman–Crippen LogP) is -0.238. The highest BCUT2D eigenvalue weighted by atomic mass is 32.1. The van der Waals surface area contributed by atoms with Gasteiger partial charge in [-0.15, -0.1) is 0 Å². The minimum absolute atomic E-state index is 0.201. The van der Waals surface area contributed by atoms with E-state index >= 15 is 0 Å². The predicted molar refractivity (Wildman–Crippen MR) is 66.8 cm³/mol. The summed E-state index contributed by atoms with van der Waals surface area (Å²) in [6, 6.07) is 0. The lowest BCUT2D eigenvalue weighted by Gasteiger charge is -2.02. The summed E-state index contributed by atoms with van der Waals surface area (Å²) < 4.78 is 0. The molecule has 0 saturated carbocycles. The van der Waals surface area contributed by atoms with Crippen molar-refractivity contribution < 1.29 is 9.59 Å². The number of aromatic nitrogens is 1. The minimum atomic E-state index is -0.381. The van der Waals surface area contributed by atoms with Crippen LogP contribution in [0, 0.1) is 0 Å². The monoisotopic (exact) mass is 257 g/mol. The van der Waals surface area contributed by atoms with E-state index in [1.807, 2.05) is 0 Å². The number of nitrogens with one attached hydrogen (secondary N) is 2. The van der Waals surface area contributed by atoms with Crippen LogP contribution >= 0.6 is 11.3 Å². The highest BCUT2D eigenvalue weighted by Crippen LogP contribution is 2.23. The van der Waals surface area contributed by atoms with Gasteiger partial charge >= 0.3 is 0 Å². The summed E-state index contributed by atoms with van der Waals surface area (Å²) in [6.45, 7) is 0.383. The van der Waals surface area contributed by atoms with Gasteiger partial charge in [-0.25, -0.2) is 4.98 Å². The SMILES string of the molecule is CNc1nc(N)c(C(=O)NCCCC(N)=O)s1.